The summed E-state index contributed by atoms with van der Waals surface area (Å²) in [5.74, 6) is 0.490. The summed E-state index contributed by atoms with van der Waals surface area (Å²) in [6.45, 7) is 6.66. The molecule has 0 bridgehead atoms. The van der Waals surface area contributed by atoms with E-state index in [0.717, 1.165) is 28.1 Å². The molecule has 128 valence electrons. The van der Waals surface area contributed by atoms with Crippen molar-refractivity contribution >= 4 is 29.9 Å². The largest absolute Gasteiger partial charge is 0.383 e. The smallest absolute Gasteiger partial charge is 0.255 e. The van der Waals surface area contributed by atoms with Gasteiger partial charge in [-0.15, -0.1) is 0 Å². The van der Waals surface area contributed by atoms with E-state index in [1.807, 2.05) is 57.2 Å². The summed E-state index contributed by atoms with van der Waals surface area (Å²) in [4.78, 5) is 12.6. The Morgan fingerprint density at radius 3 is 2.58 bits per heavy atom. The molecule has 0 aliphatic heterocycles. The quantitative estimate of drug-likeness (QED) is 0.607. The monoisotopic (exact) mass is 343 g/mol. The topological polar surface area (TPSA) is 67.2 Å². The van der Waals surface area contributed by atoms with Gasteiger partial charge >= 0.3 is 0 Å². The summed E-state index contributed by atoms with van der Waals surface area (Å²) in [6.07, 6.45) is 0. The van der Waals surface area contributed by atoms with Crippen LogP contribution in [0.4, 0.5) is 11.4 Å². The van der Waals surface area contributed by atoms with Gasteiger partial charge in [0.1, 0.15) is 0 Å². The van der Waals surface area contributed by atoms with E-state index in [4.69, 9.17) is 5.73 Å². The van der Waals surface area contributed by atoms with Gasteiger partial charge in [-0.05, 0) is 55.7 Å². The highest BCUT2D eigenvalue weighted by atomic mass is 32.1. The van der Waals surface area contributed by atoms with Crippen molar-refractivity contribution in [2.24, 2.45) is 5.73 Å². The Morgan fingerprint density at radius 2 is 1.88 bits per heavy atom. The molecule has 1 amide bonds. The third-order valence-electron chi connectivity index (χ3n) is 4.14. The van der Waals surface area contributed by atoms with Crippen LogP contribution in [0.15, 0.2) is 36.4 Å². The van der Waals surface area contributed by atoms with Crippen molar-refractivity contribution in [3.63, 3.8) is 0 Å². The molecular formula is C19H25N3OS. The number of hydrogen-bond donors (Lipinski definition) is 4. The van der Waals surface area contributed by atoms with Crippen molar-refractivity contribution in [1.82, 2.24) is 0 Å². The standard InChI is InChI=1S/C19H25N3OS/c1-12-5-4-6-17(14(12)3)22-19(23)15-8-7-13(2)18(9-15)21-10-16(20)11-24/h4-9,16,21,24H,10-11,20H2,1-3H3,(H,22,23)/t16-/m1/s1. The second kappa shape index (κ2) is 8.22. The Bertz CT molecular complexity index is 731. The highest BCUT2D eigenvalue weighted by Gasteiger charge is 2.11. The van der Waals surface area contributed by atoms with Crippen LogP contribution in [0, 0.1) is 20.8 Å². The molecule has 2 aromatic carbocycles. The van der Waals surface area contributed by atoms with E-state index in [-0.39, 0.29) is 11.9 Å². The lowest BCUT2D eigenvalue weighted by Crippen LogP contribution is -2.30. The summed E-state index contributed by atoms with van der Waals surface area (Å²) < 4.78 is 0. The first kappa shape index (κ1) is 18.4. The molecule has 0 heterocycles. The summed E-state index contributed by atoms with van der Waals surface area (Å²) >= 11 is 4.18. The van der Waals surface area contributed by atoms with Gasteiger partial charge in [0.2, 0.25) is 0 Å². The predicted octanol–water partition coefficient (Wildman–Crippen LogP) is 3.53. The van der Waals surface area contributed by atoms with Crippen LogP contribution in [0.3, 0.4) is 0 Å². The van der Waals surface area contributed by atoms with E-state index in [1.165, 1.54) is 0 Å². The third kappa shape index (κ3) is 4.52. The van der Waals surface area contributed by atoms with Crippen LogP contribution in [0.5, 0.6) is 0 Å². The molecule has 4 nitrogen and oxygen atoms in total. The van der Waals surface area contributed by atoms with Gasteiger partial charge in [0.05, 0.1) is 0 Å². The van der Waals surface area contributed by atoms with E-state index in [0.29, 0.717) is 17.9 Å². The van der Waals surface area contributed by atoms with E-state index in [2.05, 4.69) is 23.3 Å². The van der Waals surface area contributed by atoms with Crippen LogP contribution in [-0.2, 0) is 0 Å². The molecule has 0 aliphatic rings. The average molecular weight is 343 g/mol. The number of aryl methyl sites for hydroxylation is 2. The summed E-state index contributed by atoms with van der Waals surface area (Å²) in [5, 5.41) is 6.28. The molecule has 0 aliphatic carbocycles. The number of benzene rings is 2. The number of rotatable bonds is 6. The summed E-state index contributed by atoms with van der Waals surface area (Å²) in [6, 6.07) is 11.5. The Labute approximate surface area is 149 Å². The van der Waals surface area contributed by atoms with Gasteiger partial charge in [-0.1, -0.05) is 18.2 Å². The minimum Gasteiger partial charge on any atom is -0.383 e. The first-order valence-electron chi connectivity index (χ1n) is 8.01. The number of hydrogen-bond acceptors (Lipinski definition) is 4. The number of carbonyl (C=O) groups is 1. The molecular weight excluding hydrogens is 318 g/mol. The predicted molar refractivity (Wildman–Crippen MR) is 105 cm³/mol. The van der Waals surface area contributed by atoms with Crippen molar-refractivity contribution in [1.29, 1.82) is 0 Å². The van der Waals surface area contributed by atoms with Crippen LogP contribution >= 0.6 is 12.6 Å². The fraction of sp³-hybridized carbons (Fsp3) is 0.316. The third-order valence-corrected chi connectivity index (χ3v) is 4.61. The SMILES string of the molecule is Cc1ccc(C(=O)Nc2cccc(C)c2C)cc1NC[C@@H](N)CS. The van der Waals surface area contributed by atoms with Crippen molar-refractivity contribution in [2.75, 3.05) is 22.9 Å². The molecule has 0 spiro atoms. The van der Waals surface area contributed by atoms with Crippen LogP contribution in [0.2, 0.25) is 0 Å². The normalized spacial score (nSPS) is 11.9. The van der Waals surface area contributed by atoms with Gasteiger partial charge in [0.15, 0.2) is 0 Å². The minimum atomic E-state index is -0.120. The lowest BCUT2D eigenvalue weighted by molar-refractivity contribution is 0.102. The van der Waals surface area contributed by atoms with Crippen LogP contribution in [0.25, 0.3) is 0 Å². The van der Waals surface area contributed by atoms with Gasteiger partial charge in [-0.3, -0.25) is 4.79 Å². The Kier molecular flexibility index (Phi) is 6.29. The summed E-state index contributed by atoms with van der Waals surface area (Å²) in [7, 11) is 0. The van der Waals surface area contributed by atoms with E-state index in [1.54, 1.807) is 0 Å². The number of anilines is 2. The molecule has 4 N–H and O–H groups in total. The second-order valence-corrected chi connectivity index (χ2v) is 6.42. The van der Waals surface area contributed by atoms with Crippen molar-refractivity contribution in [2.45, 2.75) is 26.8 Å². The van der Waals surface area contributed by atoms with Gasteiger partial charge in [-0.2, -0.15) is 12.6 Å². The first-order chi connectivity index (χ1) is 11.4. The molecule has 1 atom stereocenters. The van der Waals surface area contributed by atoms with Crippen molar-refractivity contribution < 1.29 is 4.79 Å². The Hall–Kier alpha value is -1.98. The molecule has 0 aromatic heterocycles. The molecule has 0 radical (unpaired) electrons. The van der Waals surface area contributed by atoms with Gasteiger partial charge in [0, 0.05) is 35.3 Å². The van der Waals surface area contributed by atoms with Gasteiger partial charge < -0.3 is 16.4 Å². The van der Waals surface area contributed by atoms with Gasteiger partial charge in [-0.25, -0.2) is 0 Å². The lowest BCUT2D eigenvalue weighted by atomic mass is 10.1. The van der Waals surface area contributed by atoms with Gasteiger partial charge in [0.25, 0.3) is 5.91 Å². The highest BCUT2D eigenvalue weighted by Crippen LogP contribution is 2.21. The molecule has 24 heavy (non-hydrogen) atoms. The molecule has 5 heteroatoms. The van der Waals surface area contributed by atoms with Crippen LogP contribution in [0.1, 0.15) is 27.0 Å². The minimum absolute atomic E-state index is 0.0276. The van der Waals surface area contributed by atoms with Crippen LogP contribution < -0.4 is 16.4 Å². The fourth-order valence-corrected chi connectivity index (χ4v) is 2.47. The number of carbonyl (C=O) groups excluding carboxylic acids is 1. The molecule has 0 unspecified atom stereocenters. The number of amides is 1. The maximum absolute atomic E-state index is 12.6. The maximum atomic E-state index is 12.6. The Morgan fingerprint density at radius 1 is 1.12 bits per heavy atom. The molecule has 0 saturated carbocycles. The number of thiol groups is 1. The summed E-state index contributed by atoms with van der Waals surface area (Å²) in [5.41, 5.74) is 11.6. The van der Waals surface area contributed by atoms with E-state index < -0.39 is 0 Å². The molecule has 0 saturated heterocycles. The second-order valence-electron chi connectivity index (χ2n) is 6.05. The number of nitrogens with two attached hydrogens (primary N) is 1. The van der Waals surface area contributed by atoms with Crippen molar-refractivity contribution in [3.05, 3.63) is 58.7 Å². The first-order valence-corrected chi connectivity index (χ1v) is 8.64. The van der Waals surface area contributed by atoms with Crippen molar-refractivity contribution in [3.8, 4) is 0 Å². The fourth-order valence-electron chi connectivity index (χ4n) is 2.34. The average Bonchev–Trinajstić information content (AvgIpc) is 2.57. The Balaban J connectivity index is 2.16. The van der Waals surface area contributed by atoms with Crippen LogP contribution in [-0.4, -0.2) is 24.2 Å². The molecule has 0 fully saturated rings. The lowest BCUT2D eigenvalue weighted by Gasteiger charge is -2.15. The zero-order chi connectivity index (χ0) is 17.7. The van der Waals surface area contributed by atoms with E-state index >= 15 is 0 Å². The van der Waals surface area contributed by atoms with E-state index in [9.17, 15) is 4.79 Å². The zero-order valence-corrected chi connectivity index (χ0v) is 15.3. The highest BCUT2D eigenvalue weighted by molar-refractivity contribution is 7.80. The maximum Gasteiger partial charge on any atom is 0.255 e. The molecule has 2 rings (SSSR count). The number of nitrogens with one attached hydrogen (secondary N) is 2. The zero-order valence-electron chi connectivity index (χ0n) is 14.4. The molecule has 2 aromatic rings.